The molecular formula is C35H35F4N3O5. The Morgan fingerprint density at radius 2 is 1.74 bits per heavy atom. The molecule has 0 spiro atoms. The van der Waals surface area contributed by atoms with Gasteiger partial charge in [-0.15, -0.1) is 0 Å². The molecule has 0 fully saturated rings. The molecule has 1 aromatic heterocycles. The van der Waals surface area contributed by atoms with Crippen molar-refractivity contribution in [3.8, 4) is 16.9 Å². The topological polar surface area (TPSA) is 93.8 Å². The number of carbonyl (C=O) groups is 1. The van der Waals surface area contributed by atoms with Crippen LogP contribution in [0.3, 0.4) is 0 Å². The molecule has 1 aliphatic heterocycles. The van der Waals surface area contributed by atoms with E-state index >= 15 is 4.39 Å². The molecule has 2 heterocycles. The number of aliphatic carboxylic acids is 1. The predicted octanol–water partition coefficient (Wildman–Crippen LogP) is 6.05. The largest absolute Gasteiger partial charge is 0.494 e. The fourth-order valence-corrected chi connectivity index (χ4v) is 6.12. The summed E-state index contributed by atoms with van der Waals surface area (Å²) in [7, 11) is 1.88. The molecule has 1 N–H and O–H groups in total. The summed E-state index contributed by atoms with van der Waals surface area (Å²) in [5.41, 5.74) is -0.888. The molecule has 1 atom stereocenters. The van der Waals surface area contributed by atoms with Gasteiger partial charge in [0.2, 0.25) is 0 Å². The van der Waals surface area contributed by atoms with Gasteiger partial charge in [0, 0.05) is 24.2 Å². The normalized spacial score (nSPS) is 15.0. The van der Waals surface area contributed by atoms with E-state index in [9.17, 15) is 27.6 Å². The molecule has 0 radical (unpaired) electrons. The van der Waals surface area contributed by atoms with Crippen molar-refractivity contribution in [2.45, 2.75) is 57.9 Å². The summed E-state index contributed by atoms with van der Waals surface area (Å²) in [5, 5.41) is 8.86. The van der Waals surface area contributed by atoms with E-state index in [1.54, 1.807) is 24.3 Å². The average Bonchev–Trinajstić information content (AvgIpc) is 3.02. The zero-order chi connectivity index (χ0) is 33.9. The lowest BCUT2D eigenvalue weighted by Crippen LogP contribution is -2.46. The zero-order valence-corrected chi connectivity index (χ0v) is 26.0. The van der Waals surface area contributed by atoms with Gasteiger partial charge in [-0.2, -0.15) is 13.2 Å². The molecule has 3 aromatic carbocycles. The number of hydrogen-bond donors (Lipinski definition) is 1. The molecule has 0 saturated carbocycles. The quantitative estimate of drug-likeness (QED) is 0.157. The van der Waals surface area contributed by atoms with Crippen molar-refractivity contribution >= 4 is 5.97 Å². The van der Waals surface area contributed by atoms with Gasteiger partial charge >= 0.3 is 17.8 Å². The van der Waals surface area contributed by atoms with Gasteiger partial charge in [-0.25, -0.2) is 9.18 Å². The van der Waals surface area contributed by atoms with Crippen LogP contribution < -0.4 is 16.0 Å². The molecule has 0 saturated heterocycles. The fraction of sp³-hybridized carbons (Fsp3) is 0.343. The number of hydrogen-bond acceptors (Lipinski definition) is 5. The van der Waals surface area contributed by atoms with E-state index in [0.717, 1.165) is 44.9 Å². The third kappa shape index (κ3) is 7.32. The summed E-state index contributed by atoms with van der Waals surface area (Å²) in [4.78, 5) is 41.2. The van der Waals surface area contributed by atoms with Crippen molar-refractivity contribution in [1.29, 1.82) is 0 Å². The summed E-state index contributed by atoms with van der Waals surface area (Å²) in [6.45, 7) is 1.51. The van der Waals surface area contributed by atoms with Gasteiger partial charge in [-0.05, 0) is 74.2 Å². The van der Waals surface area contributed by atoms with Gasteiger partial charge < -0.3 is 9.84 Å². The van der Waals surface area contributed by atoms with Crippen LogP contribution in [-0.4, -0.2) is 45.3 Å². The van der Waals surface area contributed by atoms with Gasteiger partial charge in [0.25, 0.3) is 5.56 Å². The third-order valence-electron chi connectivity index (χ3n) is 8.64. The maximum Gasteiger partial charge on any atom is 0.416 e. The Balaban J connectivity index is 1.64. The summed E-state index contributed by atoms with van der Waals surface area (Å²) >= 11 is 0. The second-order valence-corrected chi connectivity index (χ2v) is 11.7. The standard InChI is InChI=1S/C35H35F4N3O5/c1-22-32(24-10-7-11-25(19-24)47-18-6-5-15-31(43)44)33(45)42(21-30-26-12-4-3-9-23(26)16-17-40(30)2)34(46)41(22)20-27-28(35(37,38)39)13-8-14-29(27)36/h3-4,7-14,19,30H,5-6,15-18,20-21H2,1-2H3,(H,43,44)/t30-/m0/s1. The first-order valence-corrected chi connectivity index (χ1v) is 15.3. The molecule has 4 aromatic rings. The lowest BCUT2D eigenvalue weighted by Gasteiger charge is -2.35. The van der Waals surface area contributed by atoms with Crippen molar-refractivity contribution in [1.82, 2.24) is 14.0 Å². The fourth-order valence-electron chi connectivity index (χ4n) is 6.12. The molecule has 5 rings (SSSR count). The molecule has 47 heavy (non-hydrogen) atoms. The highest BCUT2D eigenvalue weighted by Crippen LogP contribution is 2.34. The number of ether oxygens (including phenoxy) is 1. The zero-order valence-electron chi connectivity index (χ0n) is 26.0. The van der Waals surface area contributed by atoms with E-state index in [1.807, 2.05) is 36.2 Å². The van der Waals surface area contributed by atoms with E-state index < -0.39 is 46.9 Å². The van der Waals surface area contributed by atoms with Crippen LogP contribution in [-0.2, 0) is 30.5 Å². The van der Waals surface area contributed by atoms with E-state index in [0.29, 0.717) is 30.7 Å². The summed E-state index contributed by atoms with van der Waals surface area (Å²) in [6, 6.07) is 16.5. The first kappa shape index (κ1) is 33.6. The van der Waals surface area contributed by atoms with Crippen LogP contribution in [0.15, 0.2) is 76.3 Å². The number of carboxylic acids is 1. The SMILES string of the molecule is Cc1c(-c2cccc(OCCCCC(=O)O)c2)c(=O)n(C[C@H]2c3ccccc3CCN2C)c(=O)n1Cc1c(F)cccc1C(F)(F)F. The monoisotopic (exact) mass is 653 g/mol. The van der Waals surface area contributed by atoms with E-state index in [-0.39, 0.29) is 36.9 Å². The maximum absolute atomic E-state index is 15.1. The van der Waals surface area contributed by atoms with Crippen molar-refractivity contribution < 1.29 is 32.2 Å². The van der Waals surface area contributed by atoms with Crippen LogP contribution in [0.4, 0.5) is 17.6 Å². The van der Waals surface area contributed by atoms with Crippen molar-refractivity contribution in [2.24, 2.45) is 0 Å². The van der Waals surface area contributed by atoms with Crippen LogP contribution >= 0.6 is 0 Å². The molecule has 0 aliphatic carbocycles. The van der Waals surface area contributed by atoms with Crippen molar-refractivity contribution in [2.75, 3.05) is 20.2 Å². The maximum atomic E-state index is 15.1. The van der Waals surface area contributed by atoms with Gasteiger partial charge in [0.1, 0.15) is 11.6 Å². The van der Waals surface area contributed by atoms with Crippen LogP contribution in [0, 0.1) is 12.7 Å². The number of alkyl halides is 3. The molecular weight excluding hydrogens is 618 g/mol. The number of likely N-dealkylation sites (N-methyl/N-ethyl adjacent to an activating group) is 1. The molecule has 0 amide bonds. The summed E-state index contributed by atoms with van der Waals surface area (Å²) in [6.07, 6.45) is -3.20. The Bertz CT molecular complexity index is 1900. The minimum atomic E-state index is -4.88. The predicted molar refractivity (Wildman–Crippen MR) is 168 cm³/mol. The minimum Gasteiger partial charge on any atom is -0.494 e. The highest BCUT2D eigenvalue weighted by Gasteiger charge is 2.35. The minimum absolute atomic E-state index is 0.00238. The molecule has 0 unspecified atom stereocenters. The van der Waals surface area contributed by atoms with Crippen LogP contribution in [0.5, 0.6) is 5.75 Å². The second-order valence-electron chi connectivity index (χ2n) is 11.7. The molecule has 12 heteroatoms. The van der Waals surface area contributed by atoms with E-state index in [4.69, 9.17) is 9.84 Å². The highest BCUT2D eigenvalue weighted by atomic mass is 19.4. The number of nitrogens with zero attached hydrogens (tertiary/aromatic N) is 3. The number of halogens is 4. The van der Waals surface area contributed by atoms with E-state index in [1.165, 1.54) is 6.92 Å². The van der Waals surface area contributed by atoms with Gasteiger partial charge in [-0.1, -0.05) is 42.5 Å². The molecule has 8 nitrogen and oxygen atoms in total. The van der Waals surface area contributed by atoms with Crippen LogP contribution in [0.1, 0.15) is 53.3 Å². The Morgan fingerprint density at radius 1 is 1.00 bits per heavy atom. The smallest absolute Gasteiger partial charge is 0.416 e. The van der Waals surface area contributed by atoms with Gasteiger partial charge in [0.15, 0.2) is 0 Å². The molecule has 1 aliphatic rings. The first-order chi connectivity index (χ1) is 22.4. The molecule has 248 valence electrons. The van der Waals surface area contributed by atoms with Crippen LogP contribution in [0.2, 0.25) is 0 Å². The Hall–Kier alpha value is -4.71. The summed E-state index contributed by atoms with van der Waals surface area (Å²) < 4.78 is 64.9. The number of carboxylic acid groups (broad SMARTS) is 1. The second kappa shape index (κ2) is 14.0. The van der Waals surface area contributed by atoms with Crippen LogP contribution in [0.25, 0.3) is 11.1 Å². The van der Waals surface area contributed by atoms with Gasteiger partial charge in [0.05, 0.1) is 36.9 Å². The number of rotatable bonds is 11. The van der Waals surface area contributed by atoms with E-state index in [2.05, 4.69) is 0 Å². The number of benzene rings is 3. The Labute approximate surface area is 268 Å². The van der Waals surface area contributed by atoms with Crippen molar-refractivity contribution in [3.63, 3.8) is 0 Å². The third-order valence-corrected chi connectivity index (χ3v) is 8.64. The van der Waals surface area contributed by atoms with Crippen molar-refractivity contribution in [3.05, 3.63) is 121 Å². The Kier molecular flexibility index (Phi) is 9.99. The first-order valence-electron chi connectivity index (χ1n) is 15.3. The highest BCUT2D eigenvalue weighted by molar-refractivity contribution is 5.67. The Morgan fingerprint density at radius 3 is 2.49 bits per heavy atom. The number of unbranched alkanes of at least 4 members (excludes halogenated alkanes) is 1. The lowest BCUT2D eigenvalue weighted by molar-refractivity contribution is -0.139. The number of fused-ring (bicyclic) bond motifs is 1. The molecule has 0 bridgehead atoms. The lowest BCUT2D eigenvalue weighted by atomic mass is 9.93. The number of aromatic nitrogens is 2. The van der Waals surface area contributed by atoms with Gasteiger partial charge in [-0.3, -0.25) is 23.6 Å². The summed E-state index contributed by atoms with van der Waals surface area (Å²) in [5.74, 6) is -1.64. The average molecular weight is 654 g/mol.